The van der Waals surface area contributed by atoms with Crippen molar-refractivity contribution in [2.75, 3.05) is 14.2 Å². The lowest BCUT2D eigenvalue weighted by Crippen LogP contribution is -1.97. The molecule has 4 nitrogen and oxygen atoms in total. The quantitative estimate of drug-likeness (QED) is 0.793. The van der Waals surface area contributed by atoms with Gasteiger partial charge in [-0.25, -0.2) is 9.97 Å². The molecule has 0 radical (unpaired) electrons. The van der Waals surface area contributed by atoms with Gasteiger partial charge in [-0.1, -0.05) is 11.6 Å². The summed E-state index contributed by atoms with van der Waals surface area (Å²) in [5.74, 6) is 1.34. The zero-order valence-electron chi connectivity index (χ0n) is 10.7. The average molecular weight is 344 g/mol. The smallest absolute Gasteiger partial charge is 0.146 e. The second kappa shape index (κ2) is 5.75. The SMILES string of the molecule is COc1ccc(-c2ncnc(Cl)c2C)c(OC)c1Br. The summed E-state index contributed by atoms with van der Waals surface area (Å²) in [5.41, 5.74) is 2.37. The Morgan fingerprint density at radius 3 is 2.53 bits per heavy atom. The van der Waals surface area contributed by atoms with Gasteiger partial charge in [0.2, 0.25) is 0 Å². The number of rotatable bonds is 3. The van der Waals surface area contributed by atoms with Gasteiger partial charge in [0.15, 0.2) is 0 Å². The number of aromatic nitrogens is 2. The minimum atomic E-state index is 0.430. The van der Waals surface area contributed by atoms with Gasteiger partial charge in [-0.3, -0.25) is 0 Å². The summed E-state index contributed by atoms with van der Waals surface area (Å²) in [4.78, 5) is 8.23. The van der Waals surface area contributed by atoms with E-state index >= 15 is 0 Å². The zero-order valence-corrected chi connectivity index (χ0v) is 13.0. The maximum absolute atomic E-state index is 6.03. The normalized spacial score (nSPS) is 10.4. The Morgan fingerprint density at radius 2 is 1.89 bits per heavy atom. The lowest BCUT2D eigenvalue weighted by atomic mass is 10.1. The van der Waals surface area contributed by atoms with Crippen LogP contribution in [0.4, 0.5) is 0 Å². The Balaban J connectivity index is 2.69. The van der Waals surface area contributed by atoms with E-state index in [0.29, 0.717) is 16.7 Å². The van der Waals surface area contributed by atoms with Crippen LogP contribution in [0.25, 0.3) is 11.3 Å². The maximum Gasteiger partial charge on any atom is 0.146 e. The van der Waals surface area contributed by atoms with Crippen LogP contribution >= 0.6 is 27.5 Å². The molecule has 2 aromatic rings. The second-order valence-corrected chi connectivity index (χ2v) is 4.95. The standard InChI is InChI=1S/C13H12BrClN2O2/c1-7-11(16-6-17-13(7)15)8-4-5-9(18-2)10(14)12(8)19-3/h4-6H,1-3H3. The van der Waals surface area contributed by atoms with Crippen LogP contribution in [-0.2, 0) is 0 Å². The van der Waals surface area contributed by atoms with Gasteiger partial charge >= 0.3 is 0 Å². The summed E-state index contributed by atoms with van der Waals surface area (Å²) in [7, 11) is 3.20. The van der Waals surface area contributed by atoms with E-state index in [0.717, 1.165) is 21.3 Å². The molecule has 0 aliphatic carbocycles. The summed E-state index contributed by atoms with van der Waals surface area (Å²) in [6.07, 6.45) is 1.43. The Kier molecular flexibility index (Phi) is 4.27. The fourth-order valence-corrected chi connectivity index (χ4v) is 2.58. The van der Waals surface area contributed by atoms with Crippen LogP contribution in [0.15, 0.2) is 22.9 Å². The van der Waals surface area contributed by atoms with Gasteiger partial charge in [-0.2, -0.15) is 0 Å². The number of hydrogen-bond acceptors (Lipinski definition) is 4. The molecule has 0 amide bonds. The molecule has 2 rings (SSSR count). The fourth-order valence-electron chi connectivity index (χ4n) is 1.78. The molecule has 0 unspecified atom stereocenters. The first kappa shape index (κ1) is 14.1. The van der Waals surface area contributed by atoms with Crippen LogP contribution in [-0.4, -0.2) is 24.2 Å². The van der Waals surface area contributed by atoms with Crippen molar-refractivity contribution in [3.63, 3.8) is 0 Å². The maximum atomic E-state index is 6.03. The second-order valence-electron chi connectivity index (χ2n) is 3.80. The molecule has 1 aromatic carbocycles. The van der Waals surface area contributed by atoms with E-state index in [1.165, 1.54) is 6.33 Å². The van der Waals surface area contributed by atoms with Crippen molar-refractivity contribution in [1.82, 2.24) is 9.97 Å². The molecule has 0 spiro atoms. The van der Waals surface area contributed by atoms with Crippen LogP contribution < -0.4 is 9.47 Å². The highest BCUT2D eigenvalue weighted by Gasteiger charge is 2.17. The van der Waals surface area contributed by atoms with E-state index in [-0.39, 0.29) is 0 Å². The highest BCUT2D eigenvalue weighted by atomic mass is 79.9. The van der Waals surface area contributed by atoms with Gasteiger partial charge in [0.1, 0.15) is 27.5 Å². The van der Waals surface area contributed by atoms with Crippen molar-refractivity contribution < 1.29 is 9.47 Å². The molecule has 0 aliphatic heterocycles. The summed E-state index contributed by atoms with van der Waals surface area (Å²) in [6.45, 7) is 1.87. The summed E-state index contributed by atoms with van der Waals surface area (Å²) < 4.78 is 11.4. The van der Waals surface area contributed by atoms with Crippen molar-refractivity contribution in [2.24, 2.45) is 0 Å². The van der Waals surface area contributed by atoms with Gasteiger partial charge < -0.3 is 9.47 Å². The molecular weight excluding hydrogens is 332 g/mol. The van der Waals surface area contributed by atoms with Crippen LogP contribution in [0, 0.1) is 6.92 Å². The van der Waals surface area contributed by atoms with E-state index in [2.05, 4.69) is 25.9 Å². The molecule has 6 heteroatoms. The molecule has 0 bridgehead atoms. The van der Waals surface area contributed by atoms with Crippen molar-refractivity contribution >= 4 is 27.5 Å². The number of ether oxygens (including phenoxy) is 2. The number of hydrogen-bond donors (Lipinski definition) is 0. The van der Waals surface area contributed by atoms with E-state index in [1.807, 2.05) is 19.1 Å². The lowest BCUT2D eigenvalue weighted by molar-refractivity contribution is 0.390. The first-order valence-corrected chi connectivity index (χ1v) is 6.65. The number of halogens is 2. The van der Waals surface area contributed by atoms with Gasteiger partial charge in [-0.05, 0) is 35.0 Å². The predicted octanol–water partition coefficient (Wildman–Crippen LogP) is 3.89. The fraction of sp³-hybridized carbons (Fsp3) is 0.231. The molecule has 1 aromatic heterocycles. The van der Waals surface area contributed by atoms with Gasteiger partial charge in [0.05, 0.1) is 19.9 Å². The molecule has 19 heavy (non-hydrogen) atoms. The number of nitrogens with zero attached hydrogens (tertiary/aromatic N) is 2. The molecule has 0 N–H and O–H groups in total. The number of methoxy groups -OCH3 is 2. The highest BCUT2D eigenvalue weighted by Crippen LogP contribution is 2.42. The minimum absolute atomic E-state index is 0.430. The minimum Gasteiger partial charge on any atom is -0.495 e. The van der Waals surface area contributed by atoms with Crippen LogP contribution in [0.2, 0.25) is 5.15 Å². The van der Waals surface area contributed by atoms with Gasteiger partial charge in [0, 0.05) is 11.1 Å². The topological polar surface area (TPSA) is 44.2 Å². The largest absolute Gasteiger partial charge is 0.495 e. The van der Waals surface area contributed by atoms with Crippen molar-refractivity contribution in [2.45, 2.75) is 6.92 Å². The van der Waals surface area contributed by atoms with Gasteiger partial charge in [0.25, 0.3) is 0 Å². The Hall–Kier alpha value is -1.33. The Morgan fingerprint density at radius 1 is 1.16 bits per heavy atom. The van der Waals surface area contributed by atoms with Crippen molar-refractivity contribution in [1.29, 1.82) is 0 Å². The molecule has 0 atom stereocenters. The average Bonchev–Trinajstić information content (AvgIpc) is 2.41. The van der Waals surface area contributed by atoms with E-state index < -0.39 is 0 Å². The predicted molar refractivity (Wildman–Crippen MR) is 78.0 cm³/mol. The van der Waals surface area contributed by atoms with E-state index in [1.54, 1.807) is 14.2 Å². The summed E-state index contributed by atoms with van der Waals surface area (Å²) >= 11 is 9.50. The summed E-state index contributed by atoms with van der Waals surface area (Å²) in [6, 6.07) is 3.73. The third kappa shape index (κ3) is 2.53. The van der Waals surface area contributed by atoms with E-state index in [4.69, 9.17) is 21.1 Å². The van der Waals surface area contributed by atoms with Gasteiger partial charge in [-0.15, -0.1) is 0 Å². The number of benzene rings is 1. The zero-order chi connectivity index (χ0) is 14.0. The molecule has 100 valence electrons. The third-order valence-electron chi connectivity index (χ3n) is 2.76. The van der Waals surface area contributed by atoms with E-state index in [9.17, 15) is 0 Å². The molecule has 0 fully saturated rings. The molecule has 1 heterocycles. The van der Waals surface area contributed by atoms with Crippen LogP contribution in [0.5, 0.6) is 11.5 Å². The van der Waals surface area contributed by atoms with Crippen LogP contribution in [0.3, 0.4) is 0 Å². The third-order valence-corrected chi connectivity index (χ3v) is 3.90. The first-order valence-electron chi connectivity index (χ1n) is 5.48. The van der Waals surface area contributed by atoms with Crippen molar-refractivity contribution in [3.05, 3.63) is 33.6 Å². The molecule has 0 aliphatic rings. The highest BCUT2D eigenvalue weighted by molar-refractivity contribution is 9.10. The van der Waals surface area contributed by atoms with Crippen LogP contribution in [0.1, 0.15) is 5.56 Å². The monoisotopic (exact) mass is 342 g/mol. The molecule has 0 saturated carbocycles. The van der Waals surface area contributed by atoms with Crippen molar-refractivity contribution in [3.8, 4) is 22.8 Å². The molecular formula is C13H12BrClN2O2. The molecule has 0 saturated heterocycles. The first-order chi connectivity index (χ1) is 9.10. The lowest BCUT2D eigenvalue weighted by Gasteiger charge is -2.14. The summed E-state index contributed by atoms with van der Waals surface area (Å²) in [5, 5.41) is 0.430. The Bertz CT molecular complexity index is 620. The Labute approximate surface area is 124 Å².